The molecule has 0 unspecified atom stereocenters. The normalized spacial score (nSPS) is 10.6. The van der Waals surface area contributed by atoms with Crippen molar-refractivity contribution < 1.29 is 13.9 Å². The van der Waals surface area contributed by atoms with Crippen molar-refractivity contribution in [3.05, 3.63) is 72.3 Å². The third kappa shape index (κ3) is 3.68. The van der Waals surface area contributed by atoms with Gasteiger partial charge in [0.15, 0.2) is 0 Å². The van der Waals surface area contributed by atoms with E-state index in [4.69, 9.17) is 4.74 Å². The van der Waals surface area contributed by atoms with Gasteiger partial charge in [0, 0.05) is 22.2 Å². The van der Waals surface area contributed by atoms with Crippen LogP contribution in [0.5, 0.6) is 0 Å². The number of H-pyrrole nitrogens is 1. The molecule has 3 rings (SSSR count). The summed E-state index contributed by atoms with van der Waals surface area (Å²) in [5.74, 6) is -0.648. The molecule has 0 spiro atoms. The number of benzene rings is 2. The average Bonchev–Trinajstić information content (AvgIpc) is 3.09. The maximum atomic E-state index is 13.3. The Bertz CT molecular complexity index is 846. The molecule has 0 saturated heterocycles. The Morgan fingerprint density at radius 3 is 2.71 bits per heavy atom. The van der Waals surface area contributed by atoms with E-state index < -0.39 is 0 Å². The number of halogens is 1. The van der Waals surface area contributed by atoms with Gasteiger partial charge in [0.1, 0.15) is 5.82 Å². The van der Waals surface area contributed by atoms with Crippen molar-refractivity contribution in [3.8, 4) is 11.1 Å². The third-order valence-corrected chi connectivity index (χ3v) is 4.41. The van der Waals surface area contributed by atoms with Gasteiger partial charge >= 0.3 is 5.97 Å². The standard InChI is InChI=1S/C19H16FNO2S/c1-2-23-19(22)18-11-16(24-15-5-3-4-14(20)10-15)6-7-17(18)13-8-9-21-12-13/h3-12,21H,2H2,1H3. The second-order valence-electron chi connectivity index (χ2n) is 5.09. The van der Waals surface area contributed by atoms with Gasteiger partial charge in [-0.15, -0.1) is 0 Å². The van der Waals surface area contributed by atoms with E-state index in [0.29, 0.717) is 12.2 Å². The number of aromatic amines is 1. The van der Waals surface area contributed by atoms with Crippen LogP contribution < -0.4 is 0 Å². The molecule has 0 aliphatic heterocycles. The molecule has 3 nitrogen and oxygen atoms in total. The molecule has 5 heteroatoms. The molecule has 1 heterocycles. The van der Waals surface area contributed by atoms with E-state index in [1.165, 1.54) is 23.9 Å². The Morgan fingerprint density at radius 2 is 2.00 bits per heavy atom. The summed E-state index contributed by atoms with van der Waals surface area (Å²) in [7, 11) is 0. The summed E-state index contributed by atoms with van der Waals surface area (Å²) in [5.41, 5.74) is 2.22. The maximum Gasteiger partial charge on any atom is 0.338 e. The van der Waals surface area contributed by atoms with Crippen LogP contribution in [0, 0.1) is 5.82 Å². The van der Waals surface area contributed by atoms with E-state index in [-0.39, 0.29) is 11.8 Å². The quantitative estimate of drug-likeness (QED) is 0.653. The molecule has 0 aliphatic carbocycles. The van der Waals surface area contributed by atoms with Crippen molar-refractivity contribution in [2.75, 3.05) is 6.61 Å². The fourth-order valence-corrected chi connectivity index (χ4v) is 3.28. The van der Waals surface area contributed by atoms with Crippen LogP contribution in [0.25, 0.3) is 11.1 Å². The number of aromatic nitrogens is 1. The lowest BCUT2D eigenvalue weighted by Gasteiger charge is -2.10. The molecule has 24 heavy (non-hydrogen) atoms. The number of nitrogens with one attached hydrogen (secondary N) is 1. The average molecular weight is 341 g/mol. The minimum Gasteiger partial charge on any atom is -0.462 e. The molecule has 0 saturated carbocycles. The van der Waals surface area contributed by atoms with E-state index in [1.807, 2.05) is 30.5 Å². The topological polar surface area (TPSA) is 42.1 Å². The van der Waals surface area contributed by atoms with Crippen molar-refractivity contribution in [2.24, 2.45) is 0 Å². The largest absolute Gasteiger partial charge is 0.462 e. The van der Waals surface area contributed by atoms with Crippen LogP contribution in [-0.2, 0) is 4.74 Å². The van der Waals surface area contributed by atoms with Crippen LogP contribution >= 0.6 is 11.8 Å². The highest BCUT2D eigenvalue weighted by atomic mass is 32.2. The monoisotopic (exact) mass is 341 g/mol. The van der Waals surface area contributed by atoms with Gasteiger partial charge in [-0.1, -0.05) is 23.9 Å². The second kappa shape index (κ2) is 7.36. The Labute approximate surface area is 143 Å². The molecule has 1 aromatic heterocycles. The summed E-state index contributed by atoms with van der Waals surface area (Å²) >= 11 is 1.40. The minimum atomic E-state index is -0.365. The van der Waals surface area contributed by atoms with Gasteiger partial charge in [-0.25, -0.2) is 9.18 Å². The highest BCUT2D eigenvalue weighted by Crippen LogP contribution is 2.33. The first-order chi connectivity index (χ1) is 11.7. The molecule has 0 fully saturated rings. The summed E-state index contributed by atoms with van der Waals surface area (Å²) in [6.07, 6.45) is 3.64. The lowest BCUT2D eigenvalue weighted by molar-refractivity contribution is 0.0527. The molecule has 0 atom stereocenters. The van der Waals surface area contributed by atoms with Gasteiger partial charge in [0.05, 0.1) is 12.2 Å². The lowest BCUT2D eigenvalue weighted by Crippen LogP contribution is -2.06. The van der Waals surface area contributed by atoms with Gasteiger partial charge in [-0.2, -0.15) is 0 Å². The zero-order chi connectivity index (χ0) is 16.9. The zero-order valence-electron chi connectivity index (χ0n) is 13.1. The van der Waals surface area contributed by atoms with Crippen LogP contribution in [-0.4, -0.2) is 17.6 Å². The summed E-state index contributed by atoms with van der Waals surface area (Å²) in [6, 6.07) is 13.9. The van der Waals surface area contributed by atoms with Crippen molar-refractivity contribution in [2.45, 2.75) is 16.7 Å². The first-order valence-electron chi connectivity index (χ1n) is 7.55. The molecule has 0 radical (unpaired) electrons. The van der Waals surface area contributed by atoms with E-state index in [2.05, 4.69) is 4.98 Å². The predicted octanol–water partition coefficient (Wildman–Crippen LogP) is 5.15. The number of hydrogen-bond donors (Lipinski definition) is 1. The zero-order valence-corrected chi connectivity index (χ0v) is 13.9. The SMILES string of the molecule is CCOC(=O)c1cc(Sc2cccc(F)c2)ccc1-c1cc[nH]c1. The minimum absolute atomic E-state index is 0.283. The molecule has 1 N–H and O–H groups in total. The summed E-state index contributed by atoms with van der Waals surface area (Å²) in [6.45, 7) is 2.09. The van der Waals surface area contributed by atoms with Gasteiger partial charge < -0.3 is 9.72 Å². The smallest absolute Gasteiger partial charge is 0.338 e. The molecule has 0 aliphatic rings. The van der Waals surface area contributed by atoms with Crippen LogP contribution in [0.2, 0.25) is 0 Å². The number of ether oxygens (including phenoxy) is 1. The van der Waals surface area contributed by atoms with Gasteiger partial charge in [-0.05, 0) is 54.4 Å². The summed E-state index contributed by atoms with van der Waals surface area (Å²) in [4.78, 5) is 16.9. The van der Waals surface area contributed by atoms with Gasteiger partial charge in [-0.3, -0.25) is 0 Å². The highest BCUT2D eigenvalue weighted by molar-refractivity contribution is 7.99. The van der Waals surface area contributed by atoms with Gasteiger partial charge in [0.2, 0.25) is 0 Å². The first-order valence-corrected chi connectivity index (χ1v) is 8.37. The van der Waals surface area contributed by atoms with E-state index in [0.717, 1.165) is 20.9 Å². The Balaban J connectivity index is 1.97. The van der Waals surface area contributed by atoms with E-state index >= 15 is 0 Å². The van der Waals surface area contributed by atoms with Crippen LogP contribution in [0.1, 0.15) is 17.3 Å². The van der Waals surface area contributed by atoms with Crippen LogP contribution in [0.4, 0.5) is 4.39 Å². The van der Waals surface area contributed by atoms with Crippen molar-refractivity contribution in [1.29, 1.82) is 0 Å². The van der Waals surface area contributed by atoms with Crippen molar-refractivity contribution in [1.82, 2.24) is 4.98 Å². The number of carbonyl (C=O) groups is 1. The molecular formula is C19H16FNO2S. The molecular weight excluding hydrogens is 325 g/mol. The number of hydrogen-bond acceptors (Lipinski definition) is 3. The van der Waals surface area contributed by atoms with Crippen LogP contribution in [0.3, 0.4) is 0 Å². The van der Waals surface area contributed by atoms with Crippen molar-refractivity contribution in [3.63, 3.8) is 0 Å². The Kier molecular flexibility index (Phi) is 5.01. The number of rotatable bonds is 5. The molecule has 0 bridgehead atoms. The van der Waals surface area contributed by atoms with E-state index in [1.54, 1.807) is 25.3 Å². The Morgan fingerprint density at radius 1 is 1.17 bits per heavy atom. The molecule has 2 aromatic carbocycles. The Hall–Kier alpha value is -2.53. The molecule has 3 aromatic rings. The third-order valence-electron chi connectivity index (χ3n) is 3.43. The van der Waals surface area contributed by atoms with Gasteiger partial charge in [0.25, 0.3) is 0 Å². The summed E-state index contributed by atoms with van der Waals surface area (Å²) in [5, 5.41) is 0. The predicted molar refractivity (Wildman–Crippen MR) is 92.7 cm³/mol. The first kappa shape index (κ1) is 16.3. The fourth-order valence-electron chi connectivity index (χ4n) is 2.37. The number of esters is 1. The highest BCUT2D eigenvalue weighted by Gasteiger charge is 2.15. The molecule has 0 amide bonds. The van der Waals surface area contributed by atoms with Crippen LogP contribution in [0.15, 0.2) is 70.7 Å². The summed E-state index contributed by atoms with van der Waals surface area (Å²) < 4.78 is 18.5. The molecule has 122 valence electrons. The van der Waals surface area contributed by atoms with E-state index in [9.17, 15) is 9.18 Å². The lowest BCUT2D eigenvalue weighted by atomic mass is 10.0. The number of carbonyl (C=O) groups excluding carboxylic acids is 1. The second-order valence-corrected chi connectivity index (χ2v) is 6.23. The van der Waals surface area contributed by atoms with Crippen molar-refractivity contribution >= 4 is 17.7 Å². The fraction of sp³-hybridized carbons (Fsp3) is 0.105. The maximum absolute atomic E-state index is 13.3.